The second kappa shape index (κ2) is 7.74. The molecule has 0 aromatic carbocycles. The number of hydrogen-bond donors (Lipinski definition) is 2. The normalized spacial score (nSPS) is 14.6. The number of carbonyl (C=O) groups is 1. The molecule has 1 aliphatic rings. The first-order chi connectivity index (χ1) is 9.36. The highest BCUT2D eigenvalue weighted by molar-refractivity contribution is 5.74. The molecule has 1 fully saturated rings. The molecule has 5 heteroatoms. The molecule has 1 saturated heterocycles. The van der Waals surface area contributed by atoms with Crippen molar-refractivity contribution in [3.63, 3.8) is 0 Å². The third-order valence-electron chi connectivity index (χ3n) is 3.25. The van der Waals surface area contributed by atoms with Crippen LogP contribution in [0.5, 0.6) is 0 Å². The Labute approximate surface area is 114 Å². The number of rotatable bonds is 6. The van der Waals surface area contributed by atoms with Crippen LogP contribution in [0.15, 0.2) is 24.5 Å². The van der Waals surface area contributed by atoms with Gasteiger partial charge in [0.05, 0.1) is 0 Å². The summed E-state index contributed by atoms with van der Waals surface area (Å²) in [5.74, 6) is 0. The van der Waals surface area contributed by atoms with Crippen LogP contribution in [0.3, 0.4) is 0 Å². The Bertz CT molecular complexity index is 376. The Morgan fingerprint density at radius 1 is 1.32 bits per heavy atom. The van der Waals surface area contributed by atoms with Crippen LogP contribution in [-0.2, 0) is 6.54 Å². The first-order valence-electron chi connectivity index (χ1n) is 6.98. The molecule has 1 aromatic heterocycles. The predicted molar refractivity (Wildman–Crippen MR) is 74.8 cm³/mol. The molecule has 104 valence electrons. The summed E-state index contributed by atoms with van der Waals surface area (Å²) in [7, 11) is 0. The molecule has 2 amide bonds. The highest BCUT2D eigenvalue weighted by atomic mass is 16.2. The maximum atomic E-state index is 11.7. The van der Waals surface area contributed by atoms with Gasteiger partial charge in [-0.25, -0.2) is 4.79 Å². The van der Waals surface area contributed by atoms with Crippen LogP contribution >= 0.6 is 0 Å². The van der Waals surface area contributed by atoms with Crippen molar-refractivity contribution >= 4 is 6.03 Å². The van der Waals surface area contributed by atoms with Crippen LogP contribution < -0.4 is 10.6 Å². The van der Waals surface area contributed by atoms with Crippen molar-refractivity contribution in [2.24, 2.45) is 0 Å². The van der Waals surface area contributed by atoms with Gasteiger partial charge in [-0.3, -0.25) is 4.98 Å². The number of hydrogen-bond acceptors (Lipinski definition) is 3. The molecule has 0 radical (unpaired) electrons. The average molecular weight is 262 g/mol. The molecule has 1 aromatic rings. The molecule has 0 spiro atoms. The minimum absolute atomic E-state index is 0.0877. The second-order valence-electron chi connectivity index (χ2n) is 4.82. The lowest BCUT2D eigenvalue weighted by Gasteiger charge is -2.16. The summed E-state index contributed by atoms with van der Waals surface area (Å²) in [4.78, 5) is 17.6. The number of nitrogens with zero attached hydrogens (tertiary/aromatic N) is 2. The van der Waals surface area contributed by atoms with Gasteiger partial charge < -0.3 is 15.5 Å². The van der Waals surface area contributed by atoms with Gasteiger partial charge in [0.2, 0.25) is 0 Å². The molecule has 2 heterocycles. The summed E-state index contributed by atoms with van der Waals surface area (Å²) < 4.78 is 0. The fourth-order valence-electron chi connectivity index (χ4n) is 2.18. The predicted octanol–water partition coefficient (Wildman–Crippen LogP) is 1.37. The number of amides is 2. The lowest BCUT2D eigenvalue weighted by atomic mass is 10.3. The minimum Gasteiger partial charge on any atom is -0.338 e. The fraction of sp³-hybridized carbons (Fsp3) is 0.571. The van der Waals surface area contributed by atoms with Crippen LogP contribution in [-0.4, -0.2) is 42.1 Å². The first kappa shape index (κ1) is 13.8. The standard InChI is InChI=1S/C14H22N4O/c19-14(18-9-1-2-10-18)17-8-4-7-16-12-13-5-3-6-15-11-13/h3,5-6,11,16H,1-2,4,7-10,12H2,(H,17,19). The Morgan fingerprint density at radius 3 is 2.89 bits per heavy atom. The summed E-state index contributed by atoms with van der Waals surface area (Å²) in [5.41, 5.74) is 1.18. The van der Waals surface area contributed by atoms with Gasteiger partial charge in [-0.05, 0) is 37.4 Å². The number of nitrogens with one attached hydrogen (secondary N) is 2. The van der Waals surface area contributed by atoms with Crippen molar-refractivity contribution in [2.45, 2.75) is 25.8 Å². The summed E-state index contributed by atoms with van der Waals surface area (Å²) in [6.45, 7) is 4.27. The van der Waals surface area contributed by atoms with Gasteiger partial charge in [-0.15, -0.1) is 0 Å². The van der Waals surface area contributed by atoms with Crippen LogP contribution in [0.1, 0.15) is 24.8 Å². The molecule has 1 aliphatic heterocycles. The van der Waals surface area contributed by atoms with E-state index in [0.29, 0.717) is 0 Å². The van der Waals surface area contributed by atoms with Crippen LogP contribution in [0.25, 0.3) is 0 Å². The van der Waals surface area contributed by atoms with E-state index in [1.165, 1.54) is 5.56 Å². The molecule has 0 unspecified atom stereocenters. The van der Waals surface area contributed by atoms with Crippen molar-refractivity contribution in [3.8, 4) is 0 Å². The SMILES string of the molecule is O=C(NCCCNCc1cccnc1)N1CCCC1. The number of pyridine rings is 1. The molecule has 2 rings (SSSR count). The van der Waals surface area contributed by atoms with Crippen LogP contribution in [0.2, 0.25) is 0 Å². The molecular formula is C14H22N4O. The Morgan fingerprint density at radius 2 is 2.16 bits per heavy atom. The number of carbonyl (C=O) groups excluding carboxylic acids is 1. The highest BCUT2D eigenvalue weighted by Crippen LogP contribution is 2.06. The topological polar surface area (TPSA) is 57.3 Å². The zero-order valence-corrected chi connectivity index (χ0v) is 11.3. The highest BCUT2D eigenvalue weighted by Gasteiger charge is 2.16. The Kier molecular flexibility index (Phi) is 5.62. The smallest absolute Gasteiger partial charge is 0.317 e. The Hall–Kier alpha value is -1.62. The van der Waals surface area contributed by atoms with E-state index in [4.69, 9.17) is 0 Å². The van der Waals surface area contributed by atoms with Crippen molar-refractivity contribution < 1.29 is 4.79 Å². The summed E-state index contributed by atoms with van der Waals surface area (Å²) >= 11 is 0. The summed E-state index contributed by atoms with van der Waals surface area (Å²) in [5, 5.41) is 6.30. The van der Waals surface area contributed by atoms with E-state index in [-0.39, 0.29) is 6.03 Å². The van der Waals surface area contributed by atoms with Gasteiger partial charge in [0.15, 0.2) is 0 Å². The van der Waals surface area contributed by atoms with Crippen molar-refractivity contribution in [2.75, 3.05) is 26.2 Å². The van der Waals surface area contributed by atoms with Gasteiger partial charge >= 0.3 is 6.03 Å². The second-order valence-corrected chi connectivity index (χ2v) is 4.82. The number of likely N-dealkylation sites (tertiary alicyclic amines) is 1. The van der Waals surface area contributed by atoms with Crippen LogP contribution in [0, 0.1) is 0 Å². The van der Waals surface area contributed by atoms with Crippen LogP contribution in [0.4, 0.5) is 4.79 Å². The third-order valence-corrected chi connectivity index (χ3v) is 3.25. The van der Waals surface area contributed by atoms with Crippen molar-refractivity contribution in [1.82, 2.24) is 20.5 Å². The molecule has 0 atom stereocenters. The van der Waals surface area contributed by atoms with E-state index in [2.05, 4.69) is 21.7 Å². The fourth-order valence-corrected chi connectivity index (χ4v) is 2.18. The van der Waals surface area contributed by atoms with E-state index in [1.54, 1.807) is 6.20 Å². The number of aromatic nitrogens is 1. The lowest BCUT2D eigenvalue weighted by Crippen LogP contribution is -2.38. The van der Waals surface area contributed by atoms with Gasteiger partial charge in [-0.2, -0.15) is 0 Å². The lowest BCUT2D eigenvalue weighted by molar-refractivity contribution is 0.208. The van der Waals surface area contributed by atoms with E-state index < -0.39 is 0 Å². The van der Waals surface area contributed by atoms with E-state index >= 15 is 0 Å². The largest absolute Gasteiger partial charge is 0.338 e. The van der Waals surface area contributed by atoms with Gasteiger partial charge in [-0.1, -0.05) is 6.07 Å². The quantitative estimate of drug-likeness (QED) is 0.761. The zero-order chi connectivity index (χ0) is 13.3. The number of urea groups is 1. The van der Waals surface area contributed by atoms with Crippen molar-refractivity contribution in [1.29, 1.82) is 0 Å². The average Bonchev–Trinajstić information content (AvgIpc) is 2.98. The monoisotopic (exact) mass is 262 g/mol. The molecule has 5 nitrogen and oxygen atoms in total. The molecule has 2 N–H and O–H groups in total. The molecule has 0 saturated carbocycles. The summed E-state index contributed by atoms with van der Waals surface area (Å²) in [6, 6.07) is 4.08. The molecular weight excluding hydrogens is 240 g/mol. The maximum Gasteiger partial charge on any atom is 0.317 e. The molecule has 0 aliphatic carbocycles. The van der Waals surface area contributed by atoms with E-state index in [9.17, 15) is 4.79 Å². The van der Waals surface area contributed by atoms with Gasteiger partial charge in [0.25, 0.3) is 0 Å². The molecule has 0 bridgehead atoms. The first-order valence-corrected chi connectivity index (χ1v) is 6.98. The third kappa shape index (κ3) is 4.87. The maximum absolute atomic E-state index is 11.7. The molecule has 19 heavy (non-hydrogen) atoms. The van der Waals surface area contributed by atoms with Gasteiger partial charge in [0.1, 0.15) is 0 Å². The van der Waals surface area contributed by atoms with Gasteiger partial charge in [0, 0.05) is 38.6 Å². The van der Waals surface area contributed by atoms with E-state index in [1.807, 2.05) is 17.2 Å². The summed E-state index contributed by atoms with van der Waals surface area (Å²) in [6.07, 6.45) is 6.86. The minimum atomic E-state index is 0.0877. The van der Waals surface area contributed by atoms with Crippen molar-refractivity contribution in [3.05, 3.63) is 30.1 Å². The Balaban J connectivity index is 1.49. The van der Waals surface area contributed by atoms with E-state index in [0.717, 1.165) is 52.0 Å². The zero-order valence-electron chi connectivity index (χ0n) is 11.3.